The number of hydrogen-bond donors (Lipinski definition) is 0. The smallest absolute Gasteiger partial charge is 0.171 e. The van der Waals surface area contributed by atoms with Crippen LogP contribution in [-0.2, 0) is 14.3 Å². The molecule has 0 radical (unpaired) electrons. The second kappa shape index (κ2) is 4.51. The van der Waals surface area contributed by atoms with Gasteiger partial charge >= 0.3 is 0 Å². The molecule has 74 valence electrons. The SMILES string of the molecule is COC(C)C(=O)C1CCCCC1=O. The van der Waals surface area contributed by atoms with Crippen molar-refractivity contribution in [2.45, 2.75) is 38.7 Å². The summed E-state index contributed by atoms with van der Waals surface area (Å²) in [6.45, 7) is 1.70. The van der Waals surface area contributed by atoms with E-state index in [1.165, 1.54) is 7.11 Å². The summed E-state index contributed by atoms with van der Waals surface area (Å²) < 4.78 is 4.91. The number of ether oxygens (including phenoxy) is 1. The van der Waals surface area contributed by atoms with Crippen LogP contribution < -0.4 is 0 Å². The largest absolute Gasteiger partial charge is 0.374 e. The second-order valence-electron chi connectivity index (χ2n) is 3.54. The molecule has 0 N–H and O–H groups in total. The van der Waals surface area contributed by atoms with Crippen molar-refractivity contribution in [3.63, 3.8) is 0 Å². The first-order chi connectivity index (χ1) is 6.16. The average Bonchev–Trinajstić information content (AvgIpc) is 2.16. The molecule has 1 aliphatic carbocycles. The van der Waals surface area contributed by atoms with Crippen LogP contribution in [-0.4, -0.2) is 24.8 Å². The summed E-state index contributed by atoms with van der Waals surface area (Å²) in [4.78, 5) is 23.0. The van der Waals surface area contributed by atoms with Crippen LogP contribution in [0.15, 0.2) is 0 Å². The number of rotatable bonds is 3. The monoisotopic (exact) mass is 184 g/mol. The highest BCUT2D eigenvalue weighted by molar-refractivity contribution is 6.04. The maximum Gasteiger partial charge on any atom is 0.171 e. The lowest BCUT2D eigenvalue weighted by molar-refractivity contribution is -0.140. The van der Waals surface area contributed by atoms with E-state index in [9.17, 15) is 9.59 Å². The second-order valence-corrected chi connectivity index (χ2v) is 3.54. The van der Waals surface area contributed by atoms with E-state index in [1.807, 2.05) is 0 Å². The number of carbonyl (C=O) groups excluding carboxylic acids is 2. The van der Waals surface area contributed by atoms with Crippen molar-refractivity contribution in [2.24, 2.45) is 5.92 Å². The van der Waals surface area contributed by atoms with Gasteiger partial charge in [-0.3, -0.25) is 9.59 Å². The molecule has 2 atom stereocenters. The van der Waals surface area contributed by atoms with E-state index in [0.29, 0.717) is 12.8 Å². The lowest BCUT2D eigenvalue weighted by Crippen LogP contribution is -2.34. The molecule has 1 saturated carbocycles. The van der Waals surface area contributed by atoms with E-state index in [4.69, 9.17) is 4.74 Å². The predicted octanol–water partition coefficient (Wildman–Crippen LogP) is 1.35. The van der Waals surface area contributed by atoms with Crippen LogP contribution in [0.2, 0.25) is 0 Å². The van der Waals surface area contributed by atoms with E-state index >= 15 is 0 Å². The van der Waals surface area contributed by atoms with E-state index < -0.39 is 6.10 Å². The summed E-state index contributed by atoms with van der Waals surface area (Å²) >= 11 is 0. The molecule has 3 nitrogen and oxygen atoms in total. The Balaban J connectivity index is 2.58. The highest BCUT2D eigenvalue weighted by Gasteiger charge is 2.31. The number of methoxy groups -OCH3 is 1. The molecular formula is C10H16O3. The minimum Gasteiger partial charge on any atom is -0.374 e. The fourth-order valence-electron chi connectivity index (χ4n) is 1.68. The first-order valence-corrected chi connectivity index (χ1v) is 4.76. The molecule has 13 heavy (non-hydrogen) atoms. The van der Waals surface area contributed by atoms with Gasteiger partial charge < -0.3 is 4.74 Å². The maximum absolute atomic E-state index is 11.6. The predicted molar refractivity (Wildman–Crippen MR) is 48.4 cm³/mol. The molecule has 0 heterocycles. The summed E-state index contributed by atoms with van der Waals surface area (Å²) in [5, 5.41) is 0. The van der Waals surface area contributed by atoms with Crippen molar-refractivity contribution in [3.8, 4) is 0 Å². The van der Waals surface area contributed by atoms with Crippen molar-refractivity contribution in [1.82, 2.24) is 0 Å². The first-order valence-electron chi connectivity index (χ1n) is 4.76. The van der Waals surface area contributed by atoms with Gasteiger partial charge in [0.05, 0.1) is 5.92 Å². The Morgan fingerprint density at radius 1 is 1.54 bits per heavy atom. The minimum absolute atomic E-state index is 0.0489. The van der Waals surface area contributed by atoms with Crippen LogP contribution >= 0.6 is 0 Å². The van der Waals surface area contributed by atoms with Crippen molar-refractivity contribution >= 4 is 11.6 Å². The average molecular weight is 184 g/mol. The molecule has 0 aliphatic heterocycles. The Morgan fingerprint density at radius 3 is 2.77 bits per heavy atom. The summed E-state index contributed by atoms with van der Waals surface area (Å²) in [6.07, 6.45) is 2.76. The third kappa shape index (κ3) is 2.37. The van der Waals surface area contributed by atoms with E-state index in [-0.39, 0.29) is 17.5 Å². The Morgan fingerprint density at radius 2 is 2.23 bits per heavy atom. The standard InChI is InChI=1S/C10H16O3/c1-7(13-2)10(12)8-5-3-4-6-9(8)11/h7-8H,3-6H2,1-2H3. The number of ketones is 2. The first kappa shape index (κ1) is 10.4. The Hall–Kier alpha value is -0.700. The highest BCUT2D eigenvalue weighted by Crippen LogP contribution is 2.22. The zero-order valence-electron chi connectivity index (χ0n) is 8.21. The molecule has 1 rings (SSSR count). The minimum atomic E-state index is -0.438. The molecule has 3 heteroatoms. The molecule has 1 fully saturated rings. The Labute approximate surface area is 78.5 Å². The van der Waals surface area contributed by atoms with Gasteiger partial charge in [-0.15, -0.1) is 0 Å². The van der Waals surface area contributed by atoms with Crippen LogP contribution in [0.3, 0.4) is 0 Å². The van der Waals surface area contributed by atoms with Gasteiger partial charge in [-0.05, 0) is 19.8 Å². The third-order valence-corrected chi connectivity index (χ3v) is 2.65. The number of carbonyl (C=O) groups is 2. The highest BCUT2D eigenvalue weighted by atomic mass is 16.5. The molecule has 0 spiro atoms. The summed E-state index contributed by atoms with van der Waals surface area (Å²) in [5.41, 5.74) is 0. The molecule has 0 aromatic carbocycles. The van der Waals surface area contributed by atoms with Gasteiger partial charge in [-0.25, -0.2) is 0 Å². The van der Waals surface area contributed by atoms with Gasteiger partial charge in [0.2, 0.25) is 0 Å². The van der Waals surface area contributed by atoms with Crippen LogP contribution in [0.4, 0.5) is 0 Å². The van der Waals surface area contributed by atoms with Crippen molar-refractivity contribution in [2.75, 3.05) is 7.11 Å². The summed E-state index contributed by atoms with van der Waals surface area (Å²) in [6, 6.07) is 0. The number of hydrogen-bond acceptors (Lipinski definition) is 3. The van der Waals surface area contributed by atoms with Gasteiger partial charge in [-0.2, -0.15) is 0 Å². The lowest BCUT2D eigenvalue weighted by Gasteiger charge is -2.21. The Kier molecular flexibility index (Phi) is 3.60. The zero-order chi connectivity index (χ0) is 9.84. The van der Waals surface area contributed by atoms with Crippen molar-refractivity contribution in [1.29, 1.82) is 0 Å². The normalized spacial score (nSPS) is 25.7. The van der Waals surface area contributed by atoms with Crippen LogP contribution in [0.5, 0.6) is 0 Å². The third-order valence-electron chi connectivity index (χ3n) is 2.65. The molecule has 0 amide bonds. The molecule has 2 unspecified atom stereocenters. The van der Waals surface area contributed by atoms with Crippen molar-refractivity contribution in [3.05, 3.63) is 0 Å². The number of Topliss-reactive ketones (excluding diaryl/α,β-unsaturated/α-hetero) is 2. The van der Waals surface area contributed by atoms with Crippen molar-refractivity contribution < 1.29 is 14.3 Å². The quantitative estimate of drug-likeness (QED) is 0.622. The molecule has 0 bridgehead atoms. The van der Waals surface area contributed by atoms with Gasteiger partial charge in [0, 0.05) is 13.5 Å². The molecule has 0 saturated heterocycles. The fourth-order valence-corrected chi connectivity index (χ4v) is 1.68. The summed E-state index contributed by atoms with van der Waals surface area (Å²) in [7, 11) is 1.50. The van der Waals surface area contributed by atoms with Gasteiger partial charge in [-0.1, -0.05) is 6.42 Å². The zero-order valence-corrected chi connectivity index (χ0v) is 8.21. The molecule has 0 aromatic rings. The molecular weight excluding hydrogens is 168 g/mol. The molecule has 1 aliphatic rings. The topological polar surface area (TPSA) is 43.4 Å². The van der Waals surface area contributed by atoms with Crippen LogP contribution in [0.25, 0.3) is 0 Å². The van der Waals surface area contributed by atoms with Crippen LogP contribution in [0, 0.1) is 5.92 Å². The van der Waals surface area contributed by atoms with Crippen LogP contribution in [0.1, 0.15) is 32.6 Å². The van der Waals surface area contributed by atoms with Gasteiger partial charge in [0.1, 0.15) is 11.9 Å². The fraction of sp³-hybridized carbons (Fsp3) is 0.800. The maximum atomic E-state index is 11.6. The summed E-state index contributed by atoms with van der Waals surface area (Å²) in [5.74, 6) is -0.337. The lowest BCUT2D eigenvalue weighted by atomic mass is 9.83. The van der Waals surface area contributed by atoms with E-state index in [1.54, 1.807) is 6.92 Å². The van der Waals surface area contributed by atoms with Gasteiger partial charge in [0.25, 0.3) is 0 Å². The molecule has 0 aromatic heterocycles. The van der Waals surface area contributed by atoms with E-state index in [2.05, 4.69) is 0 Å². The van der Waals surface area contributed by atoms with Gasteiger partial charge in [0.15, 0.2) is 5.78 Å². The Bertz CT molecular complexity index is 210. The van der Waals surface area contributed by atoms with E-state index in [0.717, 1.165) is 12.8 Å².